The molecule has 0 aromatic carbocycles. The number of ether oxygens (including phenoxy) is 1. The first-order valence-corrected chi connectivity index (χ1v) is 6.01. The van der Waals surface area contributed by atoms with Gasteiger partial charge in [0.05, 0.1) is 0 Å². The fourth-order valence-corrected chi connectivity index (χ4v) is 1.28. The minimum atomic E-state index is -4.38. The zero-order valence-corrected chi connectivity index (χ0v) is 11.5. The van der Waals surface area contributed by atoms with Crippen molar-refractivity contribution in [2.45, 2.75) is 52.1 Å². The highest BCUT2D eigenvalue weighted by Gasteiger charge is 2.38. The quantitative estimate of drug-likeness (QED) is 0.916. The van der Waals surface area contributed by atoms with Crippen molar-refractivity contribution in [2.24, 2.45) is 0 Å². The Hall–Kier alpha value is -1.30. The highest BCUT2D eigenvalue weighted by Crippen LogP contribution is 2.26. The first kappa shape index (κ1) is 15.8. The van der Waals surface area contributed by atoms with Crippen molar-refractivity contribution in [3.8, 4) is 5.75 Å². The van der Waals surface area contributed by atoms with Crippen LogP contribution in [0, 0.1) is 0 Å². The lowest BCUT2D eigenvalue weighted by Gasteiger charge is -2.23. The number of halogens is 3. The van der Waals surface area contributed by atoms with Gasteiger partial charge in [-0.1, -0.05) is 0 Å². The summed E-state index contributed by atoms with van der Waals surface area (Å²) in [5, 5.41) is 3.19. The van der Waals surface area contributed by atoms with Crippen LogP contribution in [-0.2, 0) is 6.54 Å². The third-order valence-electron chi connectivity index (χ3n) is 2.43. The van der Waals surface area contributed by atoms with Gasteiger partial charge < -0.3 is 10.1 Å². The van der Waals surface area contributed by atoms with E-state index in [9.17, 15) is 13.2 Å². The van der Waals surface area contributed by atoms with Crippen LogP contribution in [0.1, 0.15) is 33.3 Å². The molecule has 1 N–H and O–H groups in total. The molecule has 6 heteroatoms. The summed E-state index contributed by atoms with van der Waals surface area (Å²) < 4.78 is 42.4. The summed E-state index contributed by atoms with van der Waals surface area (Å²) in [5.41, 5.74) is 0.469. The number of aromatic nitrogens is 1. The molecule has 0 spiro atoms. The van der Waals surface area contributed by atoms with Crippen molar-refractivity contribution < 1.29 is 17.9 Å². The van der Waals surface area contributed by atoms with Gasteiger partial charge in [0.15, 0.2) is 6.10 Å². The second-order valence-corrected chi connectivity index (χ2v) is 5.39. The number of hydrogen-bond donors (Lipinski definition) is 1. The standard InChI is InChI=1S/C13H19F3N2O/c1-9(13(14,15)16)19-11-5-6-17-7-10(11)8-18-12(2,3)4/h5-7,9,18H,8H2,1-4H3. The predicted octanol–water partition coefficient (Wildman–Crippen LogP) is 3.30. The number of alkyl halides is 3. The molecule has 108 valence electrons. The minimum absolute atomic E-state index is 0.136. The maximum atomic E-state index is 12.5. The van der Waals surface area contributed by atoms with Crippen LogP contribution in [0.4, 0.5) is 13.2 Å². The third kappa shape index (κ3) is 5.46. The van der Waals surface area contributed by atoms with Crippen LogP contribution in [0.15, 0.2) is 18.5 Å². The lowest BCUT2D eigenvalue weighted by molar-refractivity contribution is -0.189. The SMILES string of the molecule is CC(Oc1ccncc1CNC(C)(C)C)C(F)(F)F. The topological polar surface area (TPSA) is 34.1 Å². The number of pyridine rings is 1. The summed E-state index contributed by atoms with van der Waals surface area (Å²) in [6.07, 6.45) is -3.29. The highest BCUT2D eigenvalue weighted by atomic mass is 19.4. The fourth-order valence-electron chi connectivity index (χ4n) is 1.28. The van der Waals surface area contributed by atoms with E-state index >= 15 is 0 Å². The molecule has 1 heterocycles. The molecular weight excluding hydrogens is 257 g/mol. The van der Waals surface area contributed by atoms with Gasteiger partial charge in [0, 0.05) is 30.0 Å². The van der Waals surface area contributed by atoms with Gasteiger partial charge in [-0.15, -0.1) is 0 Å². The lowest BCUT2D eigenvalue weighted by atomic mass is 10.1. The third-order valence-corrected chi connectivity index (χ3v) is 2.43. The summed E-state index contributed by atoms with van der Waals surface area (Å²) in [7, 11) is 0. The molecule has 1 aromatic heterocycles. The molecular formula is C13H19F3N2O. The van der Waals surface area contributed by atoms with E-state index in [2.05, 4.69) is 10.3 Å². The highest BCUT2D eigenvalue weighted by molar-refractivity contribution is 5.30. The van der Waals surface area contributed by atoms with E-state index in [0.29, 0.717) is 12.1 Å². The van der Waals surface area contributed by atoms with Gasteiger partial charge in [-0.2, -0.15) is 13.2 Å². The van der Waals surface area contributed by atoms with E-state index in [0.717, 1.165) is 6.92 Å². The van der Waals surface area contributed by atoms with Crippen molar-refractivity contribution in [1.29, 1.82) is 0 Å². The van der Waals surface area contributed by atoms with Crippen LogP contribution in [0.3, 0.4) is 0 Å². The largest absolute Gasteiger partial charge is 0.481 e. The number of nitrogens with zero attached hydrogens (tertiary/aromatic N) is 1. The molecule has 0 aliphatic rings. The molecule has 0 aliphatic heterocycles. The molecule has 3 nitrogen and oxygen atoms in total. The molecule has 1 aromatic rings. The molecule has 0 saturated carbocycles. The maximum Gasteiger partial charge on any atom is 0.425 e. The maximum absolute atomic E-state index is 12.5. The van der Waals surface area contributed by atoms with Gasteiger partial charge in [-0.25, -0.2) is 0 Å². The Bertz CT molecular complexity index is 413. The molecule has 0 fully saturated rings. The number of rotatable bonds is 4. The first-order valence-electron chi connectivity index (χ1n) is 6.01. The summed E-state index contributed by atoms with van der Waals surface area (Å²) in [6, 6.07) is 1.45. The van der Waals surface area contributed by atoms with Gasteiger partial charge in [0.2, 0.25) is 0 Å². The van der Waals surface area contributed by atoms with Crippen molar-refractivity contribution in [2.75, 3.05) is 0 Å². The van der Waals surface area contributed by atoms with Crippen LogP contribution >= 0.6 is 0 Å². The number of hydrogen-bond acceptors (Lipinski definition) is 3. The average molecular weight is 276 g/mol. The van der Waals surface area contributed by atoms with Gasteiger partial charge in [0.1, 0.15) is 5.75 Å². The first-order chi connectivity index (χ1) is 8.59. The van der Waals surface area contributed by atoms with Crippen LogP contribution in [0.5, 0.6) is 5.75 Å². The van der Waals surface area contributed by atoms with Crippen LogP contribution in [0.25, 0.3) is 0 Å². The van der Waals surface area contributed by atoms with E-state index in [1.165, 1.54) is 18.5 Å². The molecule has 0 radical (unpaired) electrons. The Labute approximate surface area is 111 Å². The van der Waals surface area contributed by atoms with E-state index < -0.39 is 12.3 Å². The van der Waals surface area contributed by atoms with Gasteiger partial charge in [0.25, 0.3) is 0 Å². The Morgan fingerprint density at radius 3 is 2.47 bits per heavy atom. The van der Waals surface area contributed by atoms with Gasteiger partial charge in [-0.3, -0.25) is 4.98 Å². The van der Waals surface area contributed by atoms with E-state index in [1.807, 2.05) is 20.8 Å². The Morgan fingerprint density at radius 2 is 1.95 bits per heavy atom. The van der Waals surface area contributed by atoms with E-state index in [-0.39, 0.29) is 11.3 Å². The van der Waals surface area contributed by atoms with Crippen LogP contribution in [-0.4, -0.2) is 22.8 Å². The van der Waals surface area contributed by atoms with Gasteiger partial charge >= 0.3 is 6.18 Å². The molecule has 0 saturated heterocycles. The Kier molecular flexibility index (Phi) is 4.79. The molecule has 19 heavy (non-hydrogen) atoms. The smallest absolute Gasteiger partial charge is 0.425 e. The van der Waals surface area contributed by atoms with Crippen molar-refractivity contribution in [3.63, 3.8) is 0 Å². The Balaban J connectivity index is 2.79. The summed E-state index contributed by atoms with van der Waals surface area (Å²) >= 11 is 0. The van der Waals surface area contributed by atoms with Crippen molar-refractivity contribution >= 4 is 0 Å². The molecule has 0 bridgehead atoms. The Morgan fingerprint density at radius 1 is 1.32 bits per heavy atom. The van der Waals surface area contributed by atoms with E-state index in [1.54, 1.807) is 0 Å². The van der Waals surface area contributed by atoms with E-state index in [4.69, 9.17) is 4.74 Å². The second kappa shape index (κ2) is 5.77. The fraction of sp³-hybridized carbons (Fsp3) is 0.615. The van der Waals surface area contributed by atoms with Crippen LogP contribution < -0.4 is 10.1 Å². The molecule has 0 amide bonds. The summed E-state index contributed by atoms with van der Waals surface area (Å²) in [4.78, 5) is 3.91. The zero-order valence-electron chi connectivity index (χ0n) is 11.5. The molecule has 0 aliphatic carbocycles. The molecule has 1 unspecified atom stereocenters. The monoisotopic (exact) mass is 276 g/mol. The van der Waals surface area contributed by atoms with Crippen molar-refractivity contribution in [3.05, 3.63) is 24.0 Å². The van der Waals surface area contributed by atoms with Crippen molar-refractivity contribution in [1.82, 2.24) is 10.3 Å². The summed E-state index contributed by atoms with van der Waals surface area (Å²) in [5.74, 6) is 0.205. The minimum Gasteiger partial charge on any atom is -0.481 e. The lowest BCUT2D eigenvalue weighted by Crippen LogP contribution is -2.36. The van der Waals surface area contributed by atoms with Crippen LogP contribution in [0.2, 0.25) is 0 Å². The average Bonchev–Trinajstić information content (AvgIpc) is 2.25. The zero-order chi connectivity index (χ0) is 14.7. The predicted molar refractivity (Wildman–Crippen MR) is 67.0 cm³/mol. The second-order valence-electron chi connectivity index (χ2n) is 5.39. The van der Waals surface area contributed by atoms with Gasteiger partial charge in [-0.05, 0) is 33.8 Å². The number of nitrogens with one attached hydrogen (secondary N) is 1. The normalized spacial score (nSPS) is 14.3. The molecule has 1 atom stereocenters. The summed E-state index contributed by atoms with van der Waals surface area (Å²) in [6.45, 7) is 7.31. The molecule has 1 rings (SSSR count).